The molecule has 1 aromatic heterocycles. The van der Waals surface area contributed by atoms with Gasteiger partial charge in [0.15, 0.2) is 6.61 Å². The van der Waals surface area contributed by atoms with Gasteiger partial charge in [-0.3, -0.25) is 4.79 Å². The summed E-state index contributed by atoms with van der Waals surface area (Å²) in [6.07, 6.45) is 0. The number of benzene rings is 2. The van der Waals surface area contributed by atoms with Crippen molar-refractivity contribution in [2.75, 3.05) is 11.9 Å². The molecule has 1 amide bonds. The molecule has 1 aliphatic heterocycles. The number of ether oxygens (including phenoxy) is 2. The number of carbonyl (C=O) groups excluding carboxylic acids is 2. The van der Waals surface area contributed by atoms with Crippen LogP contribution >= 0.6 is 0 Å². The summed E-state index contributed by atoms with van der Waals surface area (Å²) in [5.41, 5.74) is 2.27. The van der Waals surface area contributed by atoms with Gasteiger partial charge < -0.3 is 19.2 Å². The molecule has 3 aromatic rings. The molecule has 2 aromatic carbocycles. The van der Waals surface area contributed by atoms with E-state index in [9.17, 15) is 9.59 Å². The molecule has 0 radical (unpaired) electrons. The third-order valence-corrected chi connectivity index (χ3v) is 4.10. The number of aryl methyl sites for hydroxylation is 1. The van der Waals surface area contributed by atoms with Crippen molar-refractivity contribution in [2.45, 2.75) is 13.5 Å². The van der Waals surface area contributed by atoms with Crippen LogP contribution in [0.2, 0.25) is 0 Å². The zero-order valence-corrected chi connectivity index (χ0v) is 14.5. The summed E-state index contributed by atoms with van der Waals surface area (Å²) in [4.78, 5) is 28.0. The minimum absolute atomic E-state index is 0.00429. The Morgan fingerprint density at radius 3 is 2.85 bits per heavy atom. The number of anilines is 1. The number of oxazole rings is 1. The van der Waals surface area contributed by atoms with E-state index in [1.165, 1.54) is 0 Å². The van der Waals surface area contributed by atoms with Gasteiger partial charge >= 0.3 is 5.97 Å². The second-order valence-corrected chi connectivity index (χ2v) is 6.01. The van der Waals surface area contributed by atoms with Crippen LogP contribution in [0, 0.1) is 6.92 Å². The zero-order valence-electron chi connectivity index (χ0n) is 14.5. The van der Waals surface area contributed by atoms with E-state index in [2.05, 4.69) is 10.3 Å². The van der Waals surface area contributed by atoms with Crippen LogP contribution < -0.4 is 10.1 Å². The summed E-state index contributed by atoms with van der Waals surface area (Å²) >= 11 is 0. The van der Waals surface area contributed by atoms with Crippen molar-refractivity contribution in [3.8, 4) is 17.2 Å². The Morgan fingerprint density at radius 1 is 1.22 bits per heavy atom. The van der Waals surface area contributed by atoms with Gasteiger partial charge in [-0.15, -0.1) is 0 Å². The van der Waals surface area contributed by atoms with Crippen LogP contribution in [0.4, 0.5) is 5.69 Å². The Labute approximate surface area is 154 Å². The molecule has 2 heterocycles. The van der Waals surface area contributed by atoms with Crippen molar-refractivity contribution in [3.05, 3.63) is 65.5 Å². The number of nitrogens with one attached hydrogen (secondary N) is 1. The summed E-state index contributed by atoms with van der Waals surface area (Å²) in [6.45, 7) is 1.69. The van der Waals surface area contributed by atoms with Gasteiger partial charge in [-0.25, -0.2) is 9.78 Å². The summed E-state index contributed by atoms with van der Waals surface area (Å²) in [7, 11) is 0. The molecule has 0 fully saturated rings. The highest BCUT2D eigenvalue weighted by Gasteiger charge is 2.19. The molecular formula is C20H16N2O5. The van der Waals surface area contributed by atoms with Crippen LogP contribution in [0.3, 0.4) is 0 Å². The maximum absolute atomic E-state index is 12.3. The number of hydrogen-bond acceptors (Lipinski definition) is 6. The second kappa shape index (κ2) is 6.95. The molecule has 0 aliphatic carbocycles. The number of nitrogens with zero attached hydrogens (tertiary/aromatic N) is 1. The molecule has 7 heteroatoms. The fraction of sp³-hybridized carbons (Fsp3) is 0.150. The number of esters is 1. The van der Waals surface area contributed by atoms with Crippen LogP contribution in [-0.2, 0) is 16.1 Å². The van der Waals surface area contributed by atoms with Gasteiger partial charge in [-0.2, -0.15) is 0 Å². The molecule has 1 aliphatic rings. The number of carbonyl (C=O) groups is 2. The van der Waals surface area contributed by atoms with Crippen LogP contribution in [0.25, 0.3) is 11.5 Å². The maximum Gasteiger partial charge on any atom is 0.338 e. The van der Waals surface area contributed by atoms with Gasteiger partial charge in [0.1, 0.15) is 23.8 Å². The highest BCUT2D eigenvalue weighted by molar-refractivity contribution is 5.97. The van der Waals surface area contributed by atoms with Crippen LogP contribution in [0.15, 0.2) is 52.9 Å². The Hall–Kier alpha value is -3.61. The van der Waals surface area contributed by atoms with Crippen molar-refractivity contribution in [1.82, 2.24) is 4.98 Å². The van der Waals surface area contributed by atoms with Gasteiger partial charge in [0.05, 0.1) is 11.3 Å². The first-order valence-electron chi connectivity index (χ1n) is 8.36. The fourth-order valence-electron chi connectivity index (χ4n) is 2.68. The first-order chi connectivity index (χ1) is 13.1. The molecule has 4 rings (SSSR count). The molecule has 136 valence electrons. The quantitative estimate of drug-likeness (QED) is 0.714. The third kappa shape index (κ3) is 3.52. The third-order valence-electron chi connectivity index (χ3n) is 4.10. The van der Waals surface area contributed by atoms with Crippen LogP contribution in [-0.4, -0.2) is 23.5 Å². The lowest BCUT2D eigenvalue weighted by atomic mass is 10.1. The minimum atomic E-state index is -0.512. The summed E-state index contributed by atoms with van der Waals surface area (Å²) in [5, 5.41) is 2.67. The topological polar surface area (TPSA) is 90.7 Å². The van der Waals surface area contributed by atoms with Crippen LogP contribution in [0.1, 0.15) is 21.8 Å². The largest absolute Gasteiger partial charge is 0.482 e. The van der Waals surface area contributed by atoms with E-state index in [1.54, 1.807) is 25.1 Å². The van der Waals surface area contributed by atoms with Crippen molar-refractivity contribution in [2.24, 2.45) is 0 Å². The Morgan fingerprint density at radius 2 is 2.04 bits per heavy atom. The summed E-state index contributed by atoms with van der Waals surface area (Å²) in [5.74, 6) is 0.777. The van der Waals surface area contributed by atoms with E-state index in [1.807, 2.05) is 30.3 Å². The average molecular weight is 364 g/mol. The summed E-state index contributed by atoms with van der Waals surface area (Å²) < 4.78 is 16.3. The highest BCUT2D eigenvalue weighted by Crippen LogP contribution is 2.29. The molecule has 1 N–H and O–H groups in total. The number of aromatic nitrogens is 1. The van der Waals surface area contributed by atoms with Crippen molar-refractivity contribution in [3.63, 3.8) is 0 Å². The Bertz CT molecular complexity index is 1010. The van der Waals surface area contributed by atoms with Crippen molar-refractivity contribution >= 4 is 17.6 Å². The predicted octanol–water partition coefficient (Wildman–Crippen LogP) is 3.34. The zero-order chi connectivity index (χ0) is 18.8. The van der Waals surface area contributed by atoms with Gasteiger partial charge in [0.2, 0.25) is 5.89 Å². The predicted molar refractivity (Wildman–Crippen MR) is 96.4 cm³/mol. The number of rotatable bonds is 4. The van der Waals surface area contributed by atoms with E-state index < -0.39 is 5.97 Å². The maximum atomic E-state index is 12.3. The van der Waals surface area contributed by atoms with E-state index >= 15 is 0 Å². The number of hydrogen-bond donors (Lipinski definition) is 1. The lowest BCUT2D eigenvalue weighted by Gasteiger charge is -2.18. The van der Waals surface area contributed by atoms with Gasteiger partial charge in [0, 0.05) is 5.56 Å². The molecular weight excluding hydrogens is 348 g/mol. The monoisotopic (exact) mass is 364 g/mol. The van der Waals surface area contributed by atoms with Gasteiger partial charge in [-0.05, 0) is 37.3 Å². The van der Waals surface area contributed by atoms with Crippen LogP contribution in [0.5, 0.6) is 5.75 Å². The van der Waals surface area contributed by atoms with Gasteiger partial charge in [-0.1, -0.05) is 18.2 Å². The molecule has 7 nitrogen and oxygen atoms in total. The first kappa shape index (κ1) is 16.8. The molecule has 0 spiro atoms. The second-order valence-electron chi connectivity index (χ2n) is 6.01. The molecule has 0 unspecified atom stereocenters. The highest BCUT2D eigenvalue weighted by atomic mass is 16.5. The lowest BCUT2D eigenvalue weighted by molar-refractivity contribution is -0.118. The molecule has 27 heavy (non-hydrogen) atoms. The molecule has 0 bridgehead atoms. The van der Waals surface area contributed by atoms with E-state index in [4.69, 9.17) is 13.9 Å². The lowest BCUT2D eigenvalue weighted by Crippen LogP contribution is -2.25. The Balaban J connectivity index is 1.45. The molecule has 0 saturated heterocycles. The summed E-state index contributed by atoms with van der Waals surface area (Å²) in [6, 6.07) is 14.2. The Kier molecular flexibility index (Phi) is 4.33. The fourth-order valence-corrected chi connectivity index (χ4v) is 2.68. The average Bonchev–Trinajstić information content (AvgIpc) is 3.07. The van der Waals surface area contributed by atoms with Gasteiger partial charge in [0.25, 0.3) is 5.91 Å². The SMILES string of the molecule is Cc1oc(-c2ccccc2)nc1COC(=O)c1ccc2c(c1)OCC(=O)N2. The van der Waals surface area contributed by atoms with E-state index in [-0.39, 0.29) is 19.1 Å². The smallest absolute Gasteiger partial charge is 0.338 e. The number of fused-ring (bicyclic) bond motifs is 1. The first-order valence-corrected chi connectivity index (χ1v) is 8.36. The minimum Gasteiger partial charge on any atom is -0.482 e. The normalized spacial score (nSPS) is 12.7. The molecule has 0 saturated carbocycles. The van der Waals surface area contributed by atoms with Crippen molar-refractivity contribution in [1.29, 1.82) is 0 Å². The standard InChI is InChI=1S/C20H16N2O5/c1-12-16(22-19(27-12)13-5-3-2-4-6-13)10-26-20(24)14-7-8-15-17(9-14)25-11-18(23)21-15/h2-9H,10-11H2,1H3,(H,21,23). The van der Waals surface area contributed by atoms with E-state index in [0.717, 1.165) is 5.56 Å². The molecule has 0 atom stereocenters. The van der Waals surface area contributed by atoms with Crippen molar-refractivity contribution < 1.29 is 23.5 Å². The number of amides is 1. The van der Waals surface area contributed by atoms with E-state index in [0.29, 0.717) is 34.3 Å².